The van der Waals surface area contributed by atoms with E-state index in [9.17, 15) is 8.42 Å². The predicted octanol–water partition coefficient (Wildman–Crippen LogP) is -0.277. The molecular weight excluding hydrogens is 168 g/mol. The van der Waals surface area contributed by atoms with E-state index in [0.717, 1.165) is 0 Å². The molecule has 0 rings (SSSR count). The van der Waals surface area contributed by atoms with E-state index in [0.29, 0.717) is 4.47 Å². The second-order valence-electron chi connectivity index (χ2n) is 1.74. The maximum atomic E-state index is 10.9. The summed E-state index contributed by atoms with van der Waals surface area (Å²) >= 11 is 0. The van der Waals surface area contributed by atoms with Crippen LogP contribution in [-0.4, -0.2) is 32.3 Å². The Kier molecular flexibility index (Phi) is 4.03. The molecule has 0 saturated carbocycles. The van der Waals surface area contributed by atoms with Gasteiger partial charge in [0, 0.05) is 7.05 Å². The minimum atomic E-state index is -3.52. The van der Waals surface area contributed by atoms with Crippen molar-refractivity contribution in [1.29, 1.82) is 5.26 Å². The van der Waals surface area contributed by atoms with Gasteiger partial charge in [-0.05, 0) is 6.92 Å². The molecule has 0 saturated heterocycles. The highest BCUT2D eigenvalue weighted by Crippen LogP contribution is 1.97. The fourth-order valence-corrected chi connectivity index (χ4v) is 1.05. The fourth-order valence-electron chi connectivity index (χ4n) is 0.435. The van der Waals surface area contributed by atoms with E-state index in [-0.39, 0.29) is 6.61 Å². The minimum absolute atomic E-state index is 0.265. The molecule has 0 aromatic heterocycles. The van der Waals surface area contributed by atoms with Crippen molar-refractivity contribution in [2.75, 3.05) is 19.4 Å². The molecule has 0 N–H and O–H groups in total. The van der Waals surface area contributed by atoms with Crippen molar-refractivity contribution in [2.24, 2.45) is 0 Å². The van der Waals surface area contributed by atoms with Crippen LogP contribution >= 0.6 is 0 Å². The van der Waals surface area contributed by atoms with Crippen molar-refractivity contribution < 1.29 is 13.3 Å². The molecule has 0 aliphatic heterocycles. The van der Waals surface area contributed by atoms with Crippen molar-refractivity contribution in [3.05, 3.63) is 0 Å². The summed E-state index contributed by atoms with van der Waals surface area (Å²) < 4.78 is 22.5. The smallest absolute Gasteiger partial charge is 0.249 e. The van der Waals surface area contributed by atoms with E-state index in [1.807, 2.05) is 0 Å². The van der Waals surface area contributed by atoms with Crippen molar-refractivity contribution >= 4 is 10.0 Å². The minimum Gasteiger partial charge on any atom is -0.285 e. The fraction of sp³-hybridized carbons (Fsp3) is 0.800. The second kappa shape index (κ2) is 4.28. The third-order valence-corrected chi connectivity index (χ3v) is 2.33. The molecule has 0 heterocycles. The quantitative estimate of drug-likeness (QED) is 0.555. The summed E-state index contributed by atoms with van der Waals surface area (Å²) in [6, 6.07) is 1.54. The predicted molar refractivity (Wildman–Crippen MR) is 38.8 cm³/mol. The first-order valence-corrected chi connectivity index (χ1v) is 4.62. The van der Waals surface area contributed by atoms with Gasteiger partial charge in [-0.1, -0.05) is 4.47 Å². The van der Waals surface area contributed by atoms with Crippen LogP contribution in [0.25, 0.3) is 0 Å². The van der Waals surface area contributed by atoms with E-state index in [4.69, 9.17) is 5.26 Å². The largest absolute Gasteiger partial charge is 0.285 e. The molecule has 0 amide bonds. The summed E-state index contributed by atoms with van der Waals surface area (Å²) in [6.45, 7) is 1.93. The number of nitriles is 1. The molecule has 0 unspecified atom stereocenters. The van der Waals surface area contributed by atoms with Gasteiger partial charge in [-0.2, -0.15) is 5.26 Å². The van der Waals surface area contributed by atoms with Crippen molar-refractivity contribution in [1.82, 2.24) is 4.47 Å². The van der Waals surface area contributed by atoms with Crippen LogP contribution in [0.15, 0.2) is 0 Å². The molecule has 0 aliphatic rings. The molecule has 0 aromatic carbocycles. The molecule has 0 bridgehead atoms. The number of rotatable bonds is 4. The van der Waals surface area contributed by atoms with Crippen LogP contribution in [0.5, 0.6) is 0 Å². The first-order chi connectivity index (χ1) is 5.04. The van der Waals surface area contributed by atoms with Gasteiger partial charge in [0.05, 0.1) is 12.7 Å². The zero-order valence-electron chi connectivity index (χ0n) is 6.44. The highest BCUT2D eigenvalue weighted by atomic mass is 32.2. The maximum absolute atomic E-state index is 10.9. The van der Waals surface area contributed by atoms with Crippen LogP contribution in [0.3, 0.4) is 0 Å². The molecule has 0 spiro atoms. The summed E-state index contributed by atoms with van der Waals surface area (Å²) in [5.41, 5.74) is 0. The molecular formula is C5H10N2O3S. The summed E-state index contributed by atoms with van der Waals surface area (Å²) in [4.78, 5) is 4.65. The monoisotopic (exact) mass is 178 g/mol. The van der Waals surface area contributed by atoms with Gasteiger partial charge in [-0.3, -0.25) is 4.84 Å². The van der Waals surface area contributed by atoms with Gasteiger partial charge in [0.1, 0.15) is 0 Å². The lowest BCUT2D eigenvalue weighted by Gasteiger charge is -2.12. The maximum Gasteiger partial charge on any atom is 0.249 e. The molecule has 5 nitrogen and oxygen atoms in total. The van der Waals surface area contributed by atoms with Gasteiger partial charge < -0.3 is 0 Å². The average molecular weight is 178 g/mol. The van der Waals surface area contributed by atoms with Gasteiger partial charge in [0.25, 0.3) is 0 Å². The Hall–Kier alpha value is -0.640. The summed E-state index contributed by atoms with van der Waals surface area (Å²) in [5, 5.41) is 8.11. The second-order valence-corrected chi connectivity index (χ2v) is 3.71. The van der Waals surface area contributed by atoms with Crippen molar-refractivity contribution in [3.8, 4) is 6.07 Å². The Morgan fingerprint density at radius 1 is 1.64 bits per heavy atom. The van der Waals surface area contributed by atoms with Crippen LogP contribution in [0.2, 0.25) is 0 Å². The normalized spacial score (nSPS) is 11.5. The van der Waals surface area contributed by atoms with Crippen LogP contribution < -0.4 is 0 Å². The molecule has 0 aromatic rings. The Morgan fingerprint density at radius 2 is 2.18 bits per heavy atom. The van der Waals surface area contributed by atoms with Gasteiger partial charge in [-0.25, -0.2) is 8.42 Å². The molecule has 64 valence electrons. The van der Waals surface area contributed by atoms with Crippen molar-refractivity contribution in [3.63, 3.8) is 0 Å². The molecule has 0 fully saturated rings. The topological polar surface area (TPSA) is 70.4 Å². The van der Waals surface area contributed by atoms with E-state index < -0.39 is 15.8 Å². The lowest BCUT2D eigenvalue weighted by Crippen LogP contribution is -2.28. The Balaban J connectivity index is 4.21. The van der Waals surface area contributed by atoms with Crippen LogP contribution in [0, 0.1) is 11.3 Å². The van der Waals surface area contributed by atoms with Gasteiger partial charge >= 0.3 is 0 Å². The van der Waals surface area contributed by atoms with E-state index in [1.54, 1.807) is 6.92 Å². The Labute approximate surface area is 66.2 Å². The lowest BCUT2D eigenvalue weighted by atomic mass is 10.9. The van der Waals surface area contributed by atoms with Crippen LogP contribution in [0.4, 0.5) is 0 Å². The average Bonchev–Trinajstić information content (AvgIpc) is 1.88. The standard InChI is InChI=1S/C5H10N2O3S/c1-3-10-7(2)11(8,9)5-4-6/h3,5H2,1-2H3. The third-order valence-electron chi connectivity index (χ3n) is 0.950. The van der Waals surface area contributed by atoms with Crippen LogP contribution in [-0.2, 0) is 14.9 Å². The lowest BCUT2D eigenvalue weighted by molar-refractivity contribution is -0.0574. The van der Waals surface area contributed by atoms with E-state index in [2.05, 4.69) is 4.84 Å². The summed E-state index contributed by atoms with van der Waals surface area (Å²) in [7, 11) is -2.26. The van der Waals surface area contributed by atoms with E-state index in [1.165, 1.54) is 13.1 Å². The highest BCUT2D eigenvalue weighted by molar-refractivity contribution is 7.89. The first-order valence-electron chi connectivity index (χ1n) is 3.01. The highest BCUT2D eigenvalue weighted by Gasteiger charge is 2.16. The van der Waals surface area contributed by atoms with Gasteiger partial charge in [-0.15, -0.1) is 0 Å². The van der Waals surface area contributed by atoms with Crippen LogP contribution in [0.1, 0.15) is 6.92 Å². The molecule has 6 heteroatoms. The number of hydroxylamine groups is 1. The number of hydrogen-bond acceptors (Lipinski definition) is 4. The Bertz CT molecular complexity index is 241. The van der Waals surface area contributed by atoms with Crippen molar-refractivity contribution in [2.45, 2.75) is 6.92 Å². The zero-order chi connectivity index (χ0) is 8.91. The summed E-state index contributed by atoms with van der Waals surface area (Å²) in [6.07, 6.45) is 0. The molecule has 0 radical (unpaired) electrons. The van der Waals surface area contributed by atoms with E-state index >= 15 is 0 Å². The molecule has 11 heavy (non-hydrogen) atoms. The Morgan fingerprint density at radius 3 is 2.55 bits per heavy atom. The molecule has 0 atom stereocenters. The number of nitrogens with zero attached hydrogens (tertiary/aromatic N) is 2. The zero-order valence-corrected chi connectivity index (χ0v) is 7.26. The summed E-state index contributed by atoms with van der Waals surface area (Å²) in [5.74, 6) is -0.552. The third kappa shape index (κ3) is 3.32. The number of sulfonamides is 1. The van der Waals surface area contributed by atoms with Gasteiger partial charge in [0.15, 0.2) is 5.75 Å². The van der Waals surface area contributed by atoms with Gasteiger partial charge in [0.2, 0.25) is 10.0 Å². The SMILES string of the molecule is CCON(C)S(=O)(=O)CC#N. The molecule has 0 aliphatic carbocycles. The first kappa shape index (κ1) is 10.4. The number of hydrogen-bond donors (Lipinski definition) is 0.